The third-order valence-electron chi connectivity index (χ3n) is 7.72. The quantitative estimate of drug-likeness (QED) is 0.270. The molecule has 0 amide bonds. The number of ether oxygens (including phenoxy) is 1. The van der Waals surface area contributed by atoms with E-state index in [0.29, 0.717) is 17.2 Å². The predicted molar refractivity (Wildman–Crippen MR) is 148 cm³/mol. The highest BCUT2D eigenvalue weighted by Gasteiger charge is 2.57. The van der Waals surface area contributed by atoms with Gasteiger partial charge in [-0.25, -0.2) is 8.42 Å². The summed E-state index contributed by atoms with van der Waals surface area (Å²) in [4.78, 5) is 12.4. The lowest BCUT2D eigenvalue weighted by Gasteiger charge is -2.42. The maximum absolute atomic E-state index is 13.7. The van der Waals surface area contributed by atoms with E-state index in [1.165, 1.54) is 55.9 Å². The zero-order valence-electron chi connectivity index (χ0n) is 21.6. The Morgan fingerprint density at radius 2 is 1.69 bits per heavy atom. The Morgan fingerprint density at radius 3 is 2.31 bits per heavy atom. The van der Waals surface area contributed by atoms with E-state index >= 15 is 0 Å². The topological polar surface area (TPSA) is 60.4 Å². The van der Waals surface area contributed by atoms with Crippen molar-refractivity contribution in [3.63, 3.8) is 0 Å². The van der Waals surface area contributed by atoms with Crippen molar-refractivity contribution in [2.45, 2.75) is 94.8 Å². The van der Waals surface area contributed by atoms with Gasteiger partial charge in [0.25, 0.3) is 0 Å². The molecule has 1 aromatic carbocycles. The smallest absolute Gasteiger partial charge is 0.304 e. The standard InChI is InChI=1S/C28H40O4S2Si/c1-21(29)32-28(25(18-20-35(2,3)4)11-8-19-34(28,30)31)27-17-16-26(33-27)24-14-12-23(13-15-24)22-9-6-5-7-10-22/h12-17,22,25H,5-11,18-20H2,1-4H3/t25?,28-/m0/s1. The summed E-state index contributed by atoms with van der Waals surface area (Å²) in [6.45, 7) is 8.24. The van der Waals surface area contributed by atoms with Gasteiger partial charge in [0, 0.05) is 25.8 Å². The zero-order valence-corrected chi connectivity index (χ0v) is 24.3. The lowest BCUT2D eigenvalue weighted by atomic mass is 9.84. The van der Waals surface area contributed by atoms with E-state index in [1.807, 2.05) is 12.1 Å². The van der Waals surface area contributed by atoms with Gasteiger partial charge >= 0.3 is 5.97 Å². The van der Waals surface area contributed by atoms with Crippen molar-refractivity contribution in [2.75, 3.05) is 5.75 Å². The third kappa shape index (κ3) is 5.77. The van der Waals surface area contributed by atoms with Crippen molar-refractivity contribution in [1.29, 1.82) is 0 Å². The second-order valence-corrected chi connectivity index (χ2v) is 20.6. The fourth-order valence-electron chi connectivity index (χ4n) is 5.86. The molecule has 4 rings (SSSR count). The summed E-state index contributed by atoms with van der Waals surface area (Å²) in [5.74, 6) is -0.0201. The summed E-state index contributed by atoms with van der Waals surface area (Å²) >= 11 is 1.47. The first-order valence-corrected chi connectivity index (χ1v) is 19.3. The highest BCUT2D eigenvalue weighted by molar-refractivity contribution is 7.92. The Hall–Kier alpha value is -1.44. The molecule has 2 heterocycles. The van der Waals surface area contributed by atoms with Gasteiger partial charge in [-0.1, -0.05) is 69.2 Å². The summed E-state index contributed by atoms with van der Waals surface area (Å²) in [6.07, 6.45) is 8.67. The average Bonchev–Trinajstić information content (AvgIpc) is 3.30. The van der Waals surface area contributed by atoms with Crippen LogP contribution in [0.15, 0.2) is 36.4 Å². The van der Waals surface area contributed by atoms with Crippen LogP contribution in [0.4, 0.5) is 0 Å². The maximum atomic E-state index is 13.7. The Kier molecular flexibility index (Phi) is 7.99. The number of carbonyl (C=O) groups excluding carboxylic acids is 1. The average molecular weight is 533 g/mol. The van der Waals surface area contributed by atoms with Gasteiger partial charge in [0.2, 0.25) is 4.93 Å². The molecule has 192 valence electrons. The van der Waals surface area contributed by atoms with Crippen molar-refractivity contribution in [2.24, 2.45) is 5.92 Å². The molecular formula is C28H40O4S2Si. The van der Waals surface area contributed by atoms with Crippen LogP contribution in [-0.4, -0.2) is 28.2 Å². The molecule has 1 saturated heterocycles. The molecule has 0 spiro atoms. The number of carbonyl (C=O) groups is 1. The first-order chi connectivity index (χ1) is 16.5. The SMILES string of the molecule is CC(=O)O[C@@]1(c2ccc(-c3ccc(C4CCCCC4)cc3)s2)C(CC[Si](C)(C)C)CCCS1(=O)=O. The molecule has 2 atom stereocenters. The number of benzene rings is 1. The molecule has 0 bridgehead atoms. The predicted octanol–water partition coefficient (Wildman–Crippen LogP) is 7.73. The fourth-order valence-corrected chi connectivity index (χ4v) is 10.9. The first kappa shape index (κ1) is 26.6. The van der Waals surface area contributed by atoms with Crippen LogP contribution in [0.1, 0.15) is 74.6 Å². The number of rotatable bonds is 7. The van der Waals surface area contributed by atoms with E-state index in [-0.39, 0.29) is 11.7 Å². The monoisotopic (exact) mass is 532 g/mol. The van der Waals surface area contributed by atoms with Gasteiger partial charge in [0.05, 0.1) is 10.6 Å². The highest BCUT2D eigenvalue weighted by Crippen LogP contribution is 2.51. The van der Waals surface area contributed by atoms with E-state index in [4.69, 9.17) is 4.74 Å². The molecule has 0 radical (unpaired) electrons. The Morgan fingerprint density at radius 1 is 1.00 bits per heavy atom. The van der Waals surface area contributed by atoms with Gasteiger partial charge < -0.3 is 4.74 Å². The third-order valence-corrected chi connectivity index (χ3v) is 13.3. The van der Waals surface area contributed by atoms with Crippen LogP contribution < -0.4 is 0 Å². The summed E-state index contributed by atoms with van der Waals surface area (Å²) in [5, 5.41) is 0. The zero-order chi connectivity index (χ0) is 25.3. The highest BCUT2D eigenvalue weighted by atomic mass is 32.2. The van der Waals surface area contributed by atoms with Crippen molar-refractivity contribution in [1.82, 2.24) is 0 Å². The van der Waals surface area contributed by atoms with Gasteiger partial charge in [-0.3, -0.25) is 4.79 Å². The number of sulfone groups is 1. The molecule has 1 aliphatic carbocycles. The first-order valence-electron chi connectivity index (χ1n) is 13.1. The molecule has 35 heavy (non-hydrogen) atoms. The van der Waals surface area contributed by atoms with Crippen LogP contribution in [0, 0.1) is 5.92 Å². The van der Waals surface area contributed by atoms with Crippen LogP contribution in [0.2, 0.25) is 25.7 Å². The molecule has 1 aliphatic heterocycles. The van der Waals surface area contributed by atoms with Crippen molar-refractivity contribution in [3.05, 3.63) is 46.8 Å². The van der Waals surface area contributed by atoms with Crippen molar-refractivity contribution in [3.8, 4) is 10.4 Å². The van der Waals surface area contributed by atoms with Crippen LogP contribution in [0.5, 0.6) is 0 Å². The number of esters is 1. The van der Waals surface area contributed by atoms with E-state index in [1.54, 1.807) is 0 Å². The van der Waals surface area contributed by atoms with Crippen LogP contribution in [0.3, 0.4) is 0 Å². The van der Waals surface area contributed by atoms with E-state index in [9.17, 15) is 13.2 Å². The second kappa shape index (κ2) is 10.5. The molecule has 0 N–H and O–H groups in total. The van der Waals surface area contributed by atoms with E-state index in [2.05, 4.69) is 43.9 Å². The maximum Gasteiger partial charge on any atom is 0.304 e. The van der Waals surface area contributed by atoms with Crippen molar-refractivity contribution < 1.29 is 17.9 Å². The van der Waals surface area contributed by atoms with Gasteiger partial charge in [0.15, 0.2) is 9.84 Å². The lowest BCUT2D eigenvalue weighted by Crippen LogP contribution is -2.50. The Labute approximate surface area is 216 Å². The summed E-state index contributed by atoms with van der Waals surface area (Å²) in [5.41, 5.74) is 2.49. The van der Waals surface area contributed by atoms with Gasteiger partial charge in [0.1, 0.15) is 0 Å². The number of hydrogen-bond acceptors (Lipinski definition) is 5. The summed E-state index contributed by atoms with van der Waals surface area (Å²) in [7, 11) is -5.05. The Bertz CT molecular complexity index is 1120. The largest absolute Gasteiger partial charge is 0.437 e. The summed E-state index contributed by atoms with van der Waals surface area (Å²) in [6, 6.07) is 13.7. The molecule has 2 aliphatic rings. The minimum Gasteiger partial charge on any atom is -0.437 e. The lowest BCUT2D eigenvalue weighted by molar-refractivity contribution is -0.154. The normalized spacial score (nSPS) is 25.3. The van der Waals surface area contributed by atoms with Gasteiger partial charge in [-0.2, -0.15) is 0 Å². The summed E-state index contributed by atoms with van der Waals surface area (Å²) < 4.78 is 33.3. The molecule has 1 saturated carbocycles. The second-order valence-electron chi connectivity index (χ2n) is 11.6. The fraction of sp³-hybridized carbons (Fsp3) is 0.607. The van der Waals surface area contributed by atoms with Crippen LogP contribution >= 0.6 is 11.3 Å². The number of thiophene rings is 1. The Balaban J connectivity index is 1.69. The van der Waals surface area contributed by atoms with Crippen molar-refractivity contribution >= 4 is 35.2 Å². The molecule has 2 fully saturated rings. The molecule has 7 heteroatoms. The van der Waals surface area contributed by atoms with Gasteiger partial charge in [-0.15, -0.1) is 11.3 Å². The number of hydrogen-bond donors (Lipinski definition) is 0. The van der Waals surface area contributed by atoms with Crippen LogP contribution in [0.25, 0.3) is 10.4 Å². The van der Waals surface area contributed by atoms with Crippen LogP contribution in [-0.2, 0) is 24.3 Å². The minimum atomic E-state index is -3.66. The molecular weight excluding hydrogens is 493 g/mol. The van der Waals surface area contributed by atoms with Gasteiger partial charge in [-0.05, 0) is 61.3 Å². The van der Waals surface area contributed by atoms with E-state index < -0.39 is 28.8 Å². The molecule has 1 aromatic heterocycles. The molecule has 2 aromatic rings. The molecule has 1 unspecified atom stereocenters. The minimum absolute atomic E-state index is 0.0625. The molecule has 4 nitrogen and oxygen atoms in total. The van der Waals surface area contributed by atoms with E-state index in [0.717, 1.165) is 29.3 Å².